The van der Waals surface area contributed by atoms with Crippen molar-refractivity contribution in [2.24, 2.45) is 5.73 Å². The molecule has 0 bridgehead atoms. The van der Waals surface area contributed by atoms with Crippen LogP contribution in [0.1, 0.15) is 17.0 Å². The van der Waals surface area contributed by atoms with Gasteiger partial charge in [-0.15, -0.1) is 0 Å². The second kappa shape index (κ2) is 4.63. The largest absolute Gasteiger partial charge is 0.389 e. The lowest BCUT2D eigenvalue weighted by molar-refractivity contribution is 0.596. The van der Waals surface area contributed by atoms with E-state index in [-0.39, 0.29) is 10.8 Å². The number of benzene rings is 1. The van der Waals surface area contributed by atoms with Crippen LogP contribution in [0.3, 0.4) is 0 Å². The van der Waals surface area contributed by atoms with Crippen molar-refractivity contribution in [1.29, 1.82) is 0 Å². The maximum atomic E-state index is 13.8. The normalized spacial score (nSPS) is 10.5. The number of hydrogen-bond donors (Lipinski definition) is 1. The Bertz CT molecular complexity index is 563. The van der Waals surface area contributed by atoms with Crippen LogP contribution in [-0.4, -0.2) is 14.5 Å². The summed E-state index contributed by atoms with van der Waals surface area (Å²) in [5.41, 5.74) is 6.58. The molecule has 1 heterocycles. The lowest BCUT2D eigenvalue weighted by atomic mass is 10.1. The third-order valence-electron chi connectivity index (χ3n) is 2.60. The summed E-state index contributed by atoms with van der Waals surface area (Å²) in [5.74, 6) is 0.547. The molecule has 0 aliphatic heterocycles. The lowest BCUT2D eigenvalue weighted by Gasteiger charge is -2.07. The molecule has 0 spiro atoms. The number of imidazole rings is 1. The average molecular weight is 249 g/mol. The van der Waals surface area contributed by atoms with Gasteiger partial charge in [-0.2, -0.15) is 0 Å². The van der Waals surface area contributed by atoms with Gasteiger partial charge in [0.25, 0.3) is 0 Å². The van der Waals surface area contributed by atoms with E-state index in [9.17, 15) is 4.39 Å². The Morgan fingerprint density at radius 2 is 2.29 bits per heavy atom. The molecule has 0 unspecified atom stereocenters. The summed E-state index contributed by atoms with van der Waals surface area (Å²) in [6, 6.07) is 4.79. The van der Waals surface area contributed by atoms with E-state index in [0.29, 0.717) is 17.7 Å². The van der Waals surface area contributed by atoms with Crippen molar-refractivity contribution >= 4 is 17.2 Å². The molecule has 0 radical (unpaired) electrons. The highest BCUT2D eigenvalue weighted by atomic mass is 32.1. The number of aromatic nitrogens is 2. The zero-order chi connectivity index (χ0) is 12.4. The van der Waals surface area contributed by atoms with Gasteiger partial charge in [0.1, 0.15) is 16.6 Å². The van der Waals surface area contributed by atoms with Crippen molar-refractivity contribution < 1.29 is 4.39 Å². The molecule has 17 heavy (non-hydrogen) atoms. The Hall–Kier alpha value is -1.75. The summed E-state index contributed by atoms with van der Waals surface area (Å²) < 4.78 is 15.7. The fourth-order valence-corrected chi connectivity index (χ4v) is 1.71. The molecule has 3 nitrogen and oxygen atoms in total. The van der Waals surface area contributed by atoms with E-state index in [4.69, 9.17) is 18.0 Å². The maximum absolute atomic E-state index is 13.8. The highest BCUT2D eigenvalue weighted by Crippen LogP contribution is 2.13. The Morgan fingerprint density at radius 1 is 1.53 bits per heavy atom. The monoisotopic (exact) mass is 249 g/mol. The fraction of sp³-hybridized carbons (Fsp3) is 0.167. The Morgan fingerprint density at radius 3 is 2.82 bits per heavy atom. The smallest absolute Gasteiger partial charge is 0.128 e. The third-order valence-corrected chi connectivity index (χ3v) is 2.84. The van der Waals surface area contributed by atoms with Crippen LogP contribution in [0, 0.1) is 12.7 Å². The summed E-state index contributed by atoms with van der Waals surface area (Å²) in [6.45, 7) is 2.33. The predicted molar refractivity (Wildman–Crippen MR) is 68.4 cm³/mol. The van der Waals surface area contributed by atoms with Gasteiger partial charge < -0.3 is 10.3 Å². The third kappa shape index (κ3) is 2.50. The average Bonchev–Trinajstić information content (AvgIpc) is 2.67. The van der Waals surface area contributed by atoms with E-state index in [2.05, 4.69) is 4.98 Å². The highest BCUT2D eigenvalue weighted by Gasteiger charge is 2.06. The Labute approximate surface area is 104 Å². The molecule has 0 atom stereocenters. The van der Waals surface area contributed by atoms with Crippen LogP contribution in [0.15, 0.2) is 30.6 Å². The molecule has 1 aromatic carbocycles. The summed E-state index contributed by atoms with van der Waals surface area (Å²) in [7, 11) is 0. The second-order valence-corrected chi connectivity index (χ2v) is 4.21. The minimum Gasteiger partial charge on any atom is -0.389 e. The summed E-state index contributed by atoms with van der Waals surface area (Å²) >= 11 is 4.80. The minimum atomic E-state index is -0.302. The van der Waals surface area contributed by atoms with Gasteiger partial charge in [-0.25, -0.2) is 9.37 Å². The predicted octanol–water partition coefficient (Wildman–Crippen LogP) is 2.01. The Kier molecular flexibility index (Phi) is 3.19. The lowest BCUT2D eigenvalue weighted by Crippen LogP contribution is -2.11. The highest BCUT2D eigenvalue weighted by molar-refractivity contribution is 7.80. The minimum absolute atomic E-state index is 0.203. The van der Waals surface area contributed by atoms with Gasteiger partial charge in [0.15, 0.2) is 0 Å². The van der Waals surface area contributed by atoms with Crippen LogP contribution in [-0.2, 0) is 6.54 Å². The number of nitrogens with zero attached hydrogens (tertiary/aromatic N) is 2. The SMILES string of the molecule is Cc1nccn1Cc1ccc(C(N)=S)cc1F. The molecule has 5 heteroatoms. The molecular formula is C12H12FN3S. The molecule has 0 amide bonds. The van der Waals surface area contributed by atoms with Crippen molar-refractivity contribution in [1.82, 2.24) is 9.55 Å². The molecule has 0 saturated heterocycles. The van der Waals surface area contributed by atoms with Crippen LogP contribution >= 0.6 is 12.2 Å². The van der Waals surface area contributed by atoms with E-state index < -0.39 is 0 Å². The van der Waals surface area contributed by atoms with Gasteiger partial charge in [-0.05, 0) is 13.0 Å². The zero-order valence-electron chi connectivity index (χ0n) is 9.35. The summed E-state index contributed by atoms with van der Waals surface area (Å²) in [4.78, 5) is 4.29. The van der Waals surface area contributed by atoms with Crippen LogP contribution in [0.2, 0.25) is 0 Å². The van der Waals surface area contributed by atoms with Crippen LogP contribution in [0.4, 0.5) is 4.39 Å². The van der Waals surface area contributed by atoms with Gasteiger partial charge in [0.05, 0.1) is 6.54 Å². The fourth-order valence-electron chi connectivity index (χ4n) is 1.58. The van der Waals surface area contributed by atoms with Gasteiger partial charge in [0.2, 0.25) is 0 Å². The quantitative estimate of drug-likeness (QED) is 0.846. The topological polar surface area (TPSA) is 43.8 Å². The molecular weight excluding hydrogens is 237 g/mol. The second-order valence-electron chi connectivity index (χ2n) is 3.77. The molecule has 2 N–H and O–H groups in total. The van der Waals surface area contributed by atoms with Crippen molar-refractivity contribution in [3.63, 3.8) is 0 Å². The van der Waals surface area contributed by atoms with E-state index in [1.54, 1.807) is 18.3 Å². The number of rotatable bonds is 3. The first kappa shape index (κ1) is 11.7. The molecule has 0 aliphatic carbocycles. The molecule has 1 aromatic heterocycles. The van der Waals surface area contributed by atoms with E-state index >= 15 is 0 Å². The van der Waals surface area contributed by atoms with E-state index in [0.717, 1.165) is 5.82 Å². The zero-order valence-corrected chi connectivity index (χ0v) is 10.2. The van der Waals surface area contributed by atoms with Crippen molar-refractivity contribution in [3.05, 3.63) is 53.4 Å². The van der Waals surface area contributed by atoms with E-state index in [1.807, 2.05) is 17.7 Å². The molecule has 2 aromatic rings. The van der Waals surface area contributed by atoms with Crippen LogP contribution in [0.25, 0.3) is 0 Å². The van der Waals surface area contributed by atoms with Crippen LogP contribution < -0.4 is 5.73 Å². The first-order valence-corrected chi connectivity index (χ1v) is 5.54. The standard InChI is InChI=1S/C12H12FN3S/c1-8-15-4-5-16(8)7-10-3-2-9(12(14)17)6-11(10)13/h2-6H,7H2,1H3,(H2,14,17). The van der Waals surface area contributed by atoms with Crippen molar-refractivity contribution in [2.75, 3.05) is 0 Å². The first-order valence-electron chi connectivity index (χ1n) is 5.14. The molecule has 88 valence electrons. The number of aryl methyl sites for hydroxylation is 1. The van der Waals surface area contributed by atoms with Gasteiger partial charge in [-0.3, -0.25) is 0 Å². The first-order chi connectivity index (χ1) is 8.08. The Balaban J connectivity index is 2.29. The maximum Gasteiger partial charge on any atom is 0.128 e. The molecule has 2 rings (SSSR count). The van der Waals surface area contributed by atoms with Gasteiger partial charge in [-0.1, -0.05) is 24.4 Å². The molecule has 0 aliphatic rings. The summed E-state index contributed by atoms with van der Waals surface area (Å²) in [5, 5.41) is 0. The molecule has 0 fully saturated rings. The molecule has 0 saturated carbocycles. The van der Waals surface area contributed by atoms with Crippen LogP contribution in [0.5, 0.6) is 0 Å². The van der Waals surface area contributed by atoms with Crippen molar-refractivity contribution in [2.45, 2.75) is 13.5 Å². The number of thiocarbonyl (C=S) groups is 1. The number of hydrogen-bond acceptors (Lipinski definition) is 2. The van der Waals surface area contributed by atoms with Gasteiger partial charge >= 0.3 is 0 Å². The number of halogens is 1. The van der Waals surface area contributed by atoms with Gasteiger partial charge in [0, 0.05) is 23.5 Å². The number of nitrogens with two attached hydrogens (primary N) is 1. The summed E-state index contributed by atoms with van der Waals surface area (Å²) in [6.07, 6.45) is 3.51. The van der Waals surface area contributed by atoms with Crippen molar-refractivity contribution in [3.8, 4) is 0 Å². The van der Waals surface area contributed by atoms with E-state index in [1.165, 1.54) is 6.07 Å².